The van der Waals surface area contributed by atoms with Gasteiger partial charge in [-0.2, -0.15) is 0 Å². The Morgan fingerprint density at radius 1 is 0.765 bits per heavy atom. The van der Waals surface area contributed by atoms with Gasteiger partial charge in [-0.05, 0) is 54.7 Å². The van der Waals surface area contributed by atoms with Gasteiger partial charge >= 0.3 is 0 Å². The zero-order valence-corrected chi connectivity index (χ0v) is 10.1. The number of phenols is 2. The lowest BCUT2D eigenvalue weighted by Gasteiger charge is -2.10. The first kappa shape index (κ1) is 11.5. The van der Waals surface area contributed by atoms with E-state index in [0.717, 1.165) is 28.7 Å². The van der Waals surface area contributed by atoms with Gasteiger partial charge in [0.05, 0.1) is 0 Å². The van der Waals surface area contributed by atoms with Crippen LogP contribution in [0.1, 0.15) is 22.3 Å². The minimum absolute atomic E-state index is 0.320. The number of phenolic OH excluding ortho intramolecular Hbond substituents is 2. The molecule has 17 heavy (non-hydrogen) atoms. The summed E-state index contributed by atoms with van der Waals surface area (Å²) in [6.45, 7) is 3.81. The largest absolute Gasteiger partial charge is 0.508 e. The molecule has 2 heteroatoms. The van der Waals surface area contributed by atoms with Crippen LogP contribution >= 0.6 is 0 Å². The second-order valence-corrected chi connectivity index (χ2v) is 4.30. The van der Waals surface area contributed by atoms with Gasteiger partial charge in [0.2, 0.25) is 0 Å². The Bertz CT molecular complexity index is 495. The van der Waals surface area contributed by atoms with E-state index >= 15 is 0 Å². The minimum atomic E-state index is 0.320. The highest BCUT2D eigenvalue weighted by Gasteiger charge is 2.07. The number of rotatable bonds is 2. The maximum absolute atomic E-state index is 9.65. The highest BCUT2D eigenvalue weighted by Crippen LogP contribution is 2.26. The average Bonchev–Trinajstić information content (AvgIpc) is 2.31. The normalized spacial score (nSPS) is 10.5. The highest BCUT2D eigenvalue weighted by atomic mass is 16.3. The predicted molar refractivity (Wildman–Crippen MR) is 68.5 cm³/mol. The Morgan fingerprint density at radius 2 is 1.18 bits per heavy atom. The lowest BCUT2D eigenvalue weighted by atomic mass is 9.97. The summed E-state index contributed by atoms with van der Waals surface area (Å²) in [4.78, 5) is 0. The standard InChI is InChI=1S/C15H16O2/c1-10-12(5-3-7-14(10)16)9-13-6-4-8-15(17)11(13)2/h3-8,16-17H,9H2,1-2H3. The zero-order valence-electron chi connectivity index (χ0n) is 10.1. The van der Waals surface area contributed by atoms with Crippen molar-refractivity contribution in [3.8, 4) is 11.5 Å². The molecule has 2 aromatic carbocycles. The highest BCUT2D eigenvalue weighted by molar-refractivity contribution is 5.44. The number of aromatic hydroxyl groups is 2. The molecule has 0 radical (unpaired) electrons. The van der Waals surface area contributed by atoms with Crippen LogP contribution in [-0.2, 0) is 6.42 Å². The summed E-state index contributed by atoms with van der Waals surface area (Å²) in [5, 5.41) is 19.3. The van der Waals surface area contributed by atoms with Crippen molar-refractivity contribution in [3.63, 3.8) is 0 Å². The summed E-state index contributed by atoms with van der Waals surface area (Å²) < 4.78 is 0. The van der Waals surface area contributed by atoms with Gasteiger partial charge in [0.25, 0.3) is 0 Å². The van der Waals surface area contributed by atoms with Gasteiger partial charge < -0.3 is 10.2 Å². The van der Waals surface area contributed by atoms with Gasteiger partial charge in [-0.3, -0.25) is 0 Å². The molecule has 0 aliphatic carbocycles. The molecule has 0 amide bonds. The fraction of sp³-hybridized carbons (Fsp3) is 0.200. The Kier molecular flexibility index (Phi) is 3.05. The third-order valence-corrected chi connectivity index (χ3v) is 3.22. The molecule has 88 valence electrons. The molecule has 2 aromatic rings. The Balaban J connectivity index is 2.38. The van der Waals surface area contributed by atoms with Crippen LogP contribution in [0.25, 0.3) is 0 Å². The van der Waals surface area contributed by atoms with Gasteiger partial charge in [-0.1, -0.05) is 24.3 Å². The summed E-state index contributed by atoms with van der Waals surface area (Å²) in [5.74, 6) is 0.639. The van der Waals surface area contributed by atoms with E-state index < -0.39 is 0 Å². The quantitative estimate of drug-likeness (QED) is 0.828. The predicted octanol–water partition coefficient (Wildman–Crippen LogP) is 3.31. The SMILES string of the molecule is Cc1c(O)cccc1Cc1cccc(O)c1C. The number of benzene rings is 2. The van der Waals surface area contributed by atoms with Crippen molar-refractivity contribution in [1.29, 1.82) is 0 Å². The van der Waals surface area contributed by atoms with E-state index in [1.54, 1.807) is 12.1 Å². The molecule has 0 unspecified atom stereocenters. The lowest BCUT2D eigenvalue weighted by molar-refractivity contribution is 0.469. The van der Waals surface area contributed by atoms with E-state index in [-0.39, 0.29) is 0 Å². The second-order valence-electron chi connectivity index (χ2n) is 4.30. The maximum Gasteiger partial charge on any atom is 0.118 e. The fourth-order valence-electron chi connectivity index (χ4n) is 1.93. The minimum Gasteiger partial charge on any atom is -0.508 e. The van der Waals surface area contributed by atoms with Crippen molar-refractivity contribution in [1.82, 2.24) is 0 Å². The molecule has 2 N–H and O–H groups in total. The molecule has 2 nitrogen and oxygen atoms in total. The van der Waals surface area contributed by atoms with Gasteiger partial charge in [-0.25, -0.2) is 0 Å². The van der Waals surface area contributed by atoms with Crippen LogP contribution in [0.4, 0.5) is 0 Å². The van der Waals surface area contributed by atoms with Crippen LogP contribution in [0, 0.1) is 13.8 Å². The molecule has 0 fully saturated rings. The fourth-order valence-corrected chi connectivity index (χ4v) is 1.93. The third-order valence-electron chi connectivity index (χ3n) is 3.22. The van der Waals surface area contributed by atoms with Gasteiger partial charge in [0.1, 0.15) is 11.5 Å². The smallest absolute Gasteiger partial charge is 0.118 e. The van der Waals surface area contributed by atoms with E-state index in [0.29, 0.717) is 11.5 Å². The molecular formula is C15H16O2. The molecular weight excluding hydrogens is 212 g/mol. The molecule has 0 aliphatic heterocycles. The molecule has 0 heterocycles. The summed E-state index contributed by atoms with van der Waals surface area (Å²) >= 11 is 0. The van der Waals surface area contributed by atoms with E-state index in [1.807, 2.05) is 38.1 Å². The van der Waals surface area contributed by atoms with Crippen LogP contribution in [0.2, 0.25) is 0 Å². The maximum atomic E-state index is 9.65. The molecule has 2 rings (SSSR count). The van der Waals surface area contributed by atoms with Crippen molar-refractivity contribution in [2.45, 2.75) is 20.3 Å². The Hall–Kier alpha value is -1.96. The molecule has 0 saturated heterocycles. The van der Waals surface area contributed by atoms with Crippen LogP contribution < -0.4 is 0 Å². The zero-order chi connectivity index (χ0) is 12.4. The second kappa shape index (κ2) is 4.50. The average molecular weight is 228 g/mol. The number of hydrogen-bond acceptors (Lipinski definition) is 2. The van der Waals surface area contributed by atoms with Crippen LogP contribution in [-0.4, -0.2) is 10.2 Å². The van der Waals surface area contributed by atoms with Crippen molar-refractivity contribution in [2.75, 3.05) is 0 Å². The molecule has 0 bridgehead atoms. The molecule has 0 aliphatic rings. The van der Waals surface area contributed by atoms with E-state index in [1.165, 1.54) is 0 Å². The lowest BCUT2D eigenvalue weighted by Crippen LogP contribution is -1.94. The Labute approximate surface area is 101 Å². The topological polar surface area (TPSA) is 40.5 Å². The summed E-state index contributed by atoms with van der Waals surface area (Å²) in [6.07, 6.45) is 0.723. The van der Waals surface area contributed by atoms with Crippen LogP contribution in [0.3, 0.4) is 0 Å². The molecule has 0 saturated carbocycles. The third kappa shape index (κ3) is 2.26. The monoisotopic (exact) mass is 228 g/mol. The molecule has 0 aromatic heterocycles. The van der Waals surface area contributed by atoms with Gasteiger partial charge in [0.15, 0.2) is 0 Å². The van der Waals surface area contributed by atoms with E-state index in [9.17, 15) is 10.2 Å². The van der Waals surface area contributed by atoms with Gasteiger partial charge in [-0.15, -0.1) is 0 Å². The Morgan fingerprint density at radius 3 is 1.59 bits per heavy atom. The first-order valence-electron chi connectivity index (χ1n) is 5.64. The summed E-state index contributed by atoms with van der Waals surface area (Å²) in [7, 11) is 0. The van der Waals surface area contributed by atoms with Gasteiger partial charge in [0, 0.05) is 0 Å². The molecule has 0 atom stereocenters. The van der Waals surface area contributed by atoms with Crippen molar-refractivity contribution in [3.05, 3.63) is 58.7 Å². The van der Waals surface area contributed by atoms with Crippen molar-refractivity contribution < 1.29 is 10.2 Å². The van der Waals surface area contributed by atoms with E-state index in [4.69, 9.17) is 0 Å². The van der Waals surface area contributed by atoms with Crippen molar-refractivity contribution >= 4 is 0 Å². The van der Waals surface area contributed by atoms with Crippen molar-refractivity contribution in [2.24, 2.45) is 0 Å². The number of hydrogen-bond donors (Lipinski definition) is 2. The first-order chi connectivity index (χ1) is 8.09. The first-order valence-corrected chi connectivity index (χ1v) is 5.64. The van der Waals surface area contributed by atoms with E-state index in [2.05, 4.69) is 0 Å². The summed E-state index contributed by atoms with van der Waals surface area (Å²) in [6, 6.07) is 11.1. The van der Waals surface area contributed by atoms with Crippen LogP contribution in [0.15, 0.2) is 36.4 Å². The molecule has 0 spiro atoms. The van der Waals surface area contributed by atoms with Crippen LogP contribution in [0.5, 0.6) is 11.5 Å². The summed E-state index contributed by atoms with van der Waals surface area (Å²) in [5.41, 5.74) is 3.96.